The minimum absolute atomic E-state index is 0.926. The third kappa shape index (κ3) is 2.33. The van der Waals surface area contributed by atoms with Gasteiger partial charge in [0.05, 0.1) is 0 Å². The highest BCUT2D eigenvalue weighted by molar-refractivity contribution is 5.93. The molecule has 3 aromatic carbocycles. The van der Waals surface area contributed by atoms with Crippen LogP contribution in [0.3, 0.4) is 0 Å². The third-order valence-electron chi connectivity index (χ3n) is 4.17. The molecule has 2 heteroatoms. The first kappa shape index (κ1) is 13.0. The van der Waals surface area contributed by atoms with E-state index in [9.17, 15) is 0 Å². The van der Waals surface area contributed by atoms with Crippen LogP contribution < -0.4 is 5.32 Å². The molecule has 0 aliphatic rings. The summed E-state index contributed by atoms with van der Waals surface area (Å²) >= 11 is 0. The van der Waals surface area contributed by atoms with Crippen molar-refractivity contribution in [1.82, 2.24) is 4.98 Å². The topological polar surface area (TPSA) is 27.8 Å². The molecule has 0 aliphatic carbocycles. The van der Waals surface area contributed by atoms with E-state index in [4.69, 9.17) is 0 Å². The van der Waals surface area contributed by atoms with Crippen molar-refractivity contribution in [1.29, 1.82) is 0 Å². The van der Waals surface area contributed by atoms with E-state index in [1.165, 1.54) is 32.9 Å². The van der Waals surface area contributed by atoms with Crippen molar-refractivity contribution in [2.75, 3.05) is 11.9 Å². The van der Waals surface area contributed by atoms with Gasteiger partial charge in [0.25, 0.3) is 0 Å². The smallest absolute Gasteiger partial charge is 0.0456 e. The number of para-hydroxylation sites is 1. The van der Waals surface area contributed by atoms with Crippen LogP contribution in [0.2, 0.25) is 0 Å². The summed E-state index contributed by atoms with van der Waals surface area (Å²) in [6.07, 6.45) is 3.13. The zero-order valence-electron chi connectivity index (χ0n) is 12.3. The number of H-pyrrole nitrogens is 1. The van der Waals surface area contributed by atoms with Gasteiger partial charge in [0.1, 0.15) is 0 Å². The molecule has 0 atom stereocenters. The molecule has 0 saturated heterocycles. The van der Waals surface area contributed by atoms with Crippen LogP contribution in [0, 0.1) is 0 Å². The highest BCUT2D eigenvalue weighted by Gasteiger charge is 2.03. The Balaban J connectivity index is 1.53. The van der Waals surface area contributed by atoms with E-state index in [-0.39, 0.29) is 0 Å². The molecule has 0 radical (unpaired) electrons. The second-order valence-electron chi connectivity index (χ2n) is 5.56. The van der Waals surface area contributed by atoms with Crippen LogP contribution in [0.25, 0.3) is 21.7 Å². The van der Waals surface area contributed by atoms with Gasteiger partial charge in [0, 0.05) is 34.7 Å². The van der Waals surface area contributed by atoms with Crippen LogP contribution in [0.1, 0.15) is 5.56 Å². The molecule has 2 N–H and O–H groups in total. The number of aromatic nitrogens is 1. The van der Waals surface area contributed by atoms with Gasteiger partial charge in [-0.05, 0) is 29.5 Å². The van der Waals surface area contributed by atoms with Crippen molar-refractivity contribution in [2.24, 2.45) is 0 Å². The lowest BCUT2D eigenvalue weighted by atomic mass is 10.1. The largest absolute Gasteiger partial charge is 0.384 e. The van der Waals surface area contributed by atoms with E-state index in [1.807, 2.05) is 0 Å². The summed E-state index contributed by atoms with van der Waals surface area (Å²) in [5.74, 6) is 0. The number of aromatic amines is 1. The summed E-state index contributed by atoms with van der Waals surface area (Å²) in [5, 5.41) is 7.46. The van der Waals surface area contributed by atoms with Gasteiger partial charge in [-0.1, -0.05) is 54.6 Å². The lowest BCUT2D eigenvalue weighted by Crippen LogP contribution is -2.04. The van der Waals surface area contributed by atoms with E-state index in [0.29, 0.717) is 0 Å². The Labute approximate surface area is 129 Å². The van der Waals surface area contributed by atoms with Crippen molar-refractivity contribution in [3.8, 4) is 0 Å². The Bertz CT molecular complexity index is 916. The summed E-state index contributed by atoms with van der Waals surface area (Å²) in [6, 6.07) is 23.4. The Morgan fingerprint density at radius 2 is 1.55 bits per heavy atom. The fraction of sp³-hybridized carbons (Fsp3) is 0.100. The summed E-state index contributed by atoms with van der Waals surface area (Å²) in [5.41, 5.74) is 3.78. The lowest BCUT2D eigenvalue weighted by molar-refractivity contribution is 1.03. The van der Waals surface area contributed by atoms with E-state index in [0.717, 1.165) is 13.0 Å². The van der Waals surface area contributed by atoms with Gasteiger partial charge < -0.3 is 10.3 Å². The van der Waals surface area contributed by atoms with Crippen LogP contribution in [0.5, 0.6) is 0 Å². The summed E-state index contributed by atoms with van der Waals surface area (Å²) in [7, 11) is 0. The number of hydrogen-bond acceptors (Lipinski definition) is 1. The second-order valence-corrected chi connectivity index (χ2v) is 5.56. The highest BCUT2D eigenvalue weighted by atomic mass is 14.9. The maximum Gasteiger partial charge on any atom is 0.0456 e. The average molecular weight is 286 g/mol. The molecule has 22 heavy (non-hydrogen) atoms. The second kappa shape index (κ2) is 5.57. The Morgan fingerprint density at radius 3 is 2.50 bits per heavy atom. The SMILES string of the molecule is c1ccc2c(NCCc3c[nH]c4ccccc34)cccc2c1. The zero-order valence-corrected chi connectivity index (χ0v) is 12.3. The van der Waals surface area contributed by atoms with Gasteiger partial charge in [-0.25, -0.2) is 0 Å². The molecule has 2 nitrogen and oxygen atoms in total. The average Bonchev–Trinajstić information content (AvgIpc) is 2.99. The summed E-state index contributed by atoms with van der Waals surface area (Å²) < 4.78 is 0. The molecule has 4 aromatic rings. The minimum atomic E-state index is 0.926. The number of nitrogens with one attached hydrogen (secondary N) is 2. The maximum atomic E-state index is 3.58. The van der Waals surface area contributed by atoms with Crippen LogP contribution in [-0.4, -0.2) is 11.5 Å². The monoisotopic (exact) mass is 286 g/mol. The first-order chi connectivity index (χ1) is 10.9. The predicted molar refractivity (Wildman–Crippen MR) is 94.4 cm³/mol. The zero-order chi connectivity index (χ0) is 14.8. The number of hydrogen-bond donors (Lipinski definition) is 2. The van der Waals surface area contributed by atoms with Gasteiger partial charge in [-0.3, -0.25) is 0 Å². The van der Waals surface area contributed by atoms with E-state index in [2.05, 4.69) is 83.2 Å². The Hall–Kier alpha value is -2.74. The number of anilines is 1. The van der Waals surface area contributed by atoms with Crippen LogP contribution in [0.4, 0.5) is 5.69 Å². The van der Waals surface area contributed by atoms with E-state index >= 15 is 0 Å². The van der Waals surface area contributed by atoms with Crippen molar-refractivity contribution >= 4 is 27.4 Å². The number of benzene rings is 3. The van der Waals surface area contributed by atoms with Gasteiger partial charge in [-0.15, -0.1) is 0 Å². The van der Waals surface area contributed by atoms with Crippen LogP contribution >= 0.6 is 0 Å². The maximum absolute atomic E-state index is 3.58. The molecule has 0 saturated carbocycles. The number of fused-ring (bicyclic) bond motifs is 2. The van der Waals surface area contributed by atoms with Crippen molar-refractivity contribution < 1.29 is 0 Å². The van der Waals surface area contributed by atoms with Crippen molar-refractivity contribution in [3.05, 3.63) is 78.5 Å². The molecule has 1 heterocycles. The van der Waals surface area contributed by atoms with Crippen LogP contribution in [-0.2, 0) is 6.42 Å². The molecular weight excluding hydrogens is 268 g/mol. The Morgan fingerprint density at radius 1 is 0.773 bits per heavy atom. The van der Waals surface area contributed by atoms with E-state index in [1.54, 1.807) is 0 Å². The lowest BCUT2D eigenvalue weighted by Gasteiger charge is -2.09. The first-order valence-corrected chi connectivity index (χ1v) is 7.68. The molecule has 0 spiro atoms. The third-order valence-corrected chi connectivity index (χ3v) is 4.17. The molecule has 108 valence electrons. The van der Waals surface area contributed by atoms with Gasteiger partial charge in [0.2, 0.25) is 0 Å². The number of rotatable bonds is 4. The molecular formula is C20H18N2. The van der Waals surface area contributed by atoms with Gasteiger partial charge in [-0.2, -0.15) is 0 Å². The molecule has 0 bridgehead atoms. The molecule has 0 unspecified atom stereocenters. The van der Waals surface area contributed by atoms with Gasteiger partial charge >= 0.3 is 0 Å². The molecule has 0 fully saturated rings. The van der Waals surface area contributed by atoms with E-state index < -0.39 is 0 Å². The normalized spacial score (nSPS) is 11.1. The summed E-state index contributed by atoms with van der Waals surface area (Å²) in [6.45, 7) is 0.926. The van der Waals surface area contributed by atoms with Crippen LogP contribution in [0.15, 0.2) is 72.9 Å². The Kier molecular flexibility index (Phi) is 3.28. The summed E-state index contributed by atoms with van der Waals surface area (Å²) in [4.78, 5) is 3.34. The predicted octanol–water partition coefficient (Wildman–Crippen LogP) is 4.98. The molecule has 0 amide bonds. The highest BCUT2D eigenvalue weighted by Crippen LogP contribution is 2.23. The van der Waals surface area contributed by atoms with Gasteiger partial charge in [0.15, 0.2) is 0 Å². The first-order valence-electron chi connectivity index (χ1n) is 7.68. The fourth-order valence-electron chi connectivity index (χ4n) is 3.05. The van der Waals surface area contributed by atoms with Crippen molar-refractivity contribution in [2.45, 2.75) is 6.42 Å². The molecule has 4 rings (SSSR count). The quantitative estimate of drug-likeness (QED) is 0.544. The standard InChI is InChI=1S/C20H18N2/c1-2-8-17-15(6-1)7-5-11-19(17)21-13-12-16-14-22-20-10-4-3-9-18(16)20/h1-11,14,21-22H,12-13H2. The fourth-order valence-corrected chi connectivity index (χ4v) is 3.05. The minimum Gasteiger partial charge on any atom is -0.384 e. The molecule has 0 aliphatic heterocycles. The molecule has 1 aromatic heterocycles. The van der Waals surface area contributed by atoms with Crippen molar-refractivity contribution in [3.63, 3.8) is 0 Å².